The van der Waals surface area contributed by atoms with Crippen LogP contribution in [0.15, 0.2) is 48.5 Å². The van der Waals surface area contributed by atoms with Crippen LogP contribution in [0.4, 0.5) is 5.69 Å². The van der Waals surface area contributed by atoms with Crippen LogP contribution in [0.2, 0.25) is 0 Å². The minimum Gasteiger partial charge on any atom is -0.371 e. The Labute approximate surface area is 133 Å². The Morgan fingerprint density at radius 2 is 1.91 bits per heavy atom. The molecule has 2 aromatic carbocycles. The molecule has 1 nitrogen and oxygen atoms in total. The molecule has 0 spiro atoms. The number of fused-ring (bicyclic) bond motifs is 3. The van der Waals surface area contributed by atoms with Gasteiger partial charge >= 0.3 is 0 Å². The molecule has 2 unspecified atom stereocenters. The molecule has 22 heavy (non-hydrogen) atoms. The molecule has 0 saturated heterocycles. The number of rotatable bonds is 2. The van der Waals surface area contributed by atoms with E-state index in [0.717, 1.165) is 12.0 Å². The van der Waals surface area contributed by atoms with Gasteiger partial charge in [-0.3, -0.25) is 0 Å². The van der Waals surface area contributed by atoms with Gasteiger partial charge in [-0.1, -0.05) is 48.9 Å². The molecule has 1 aliphatic heterocycles. The first-order valence-electron chi connectivity index (χ1n) is 8.34. The summed E-state index contributed by atoms with van der Waals surface area (Å²) in [7, 11) is 2.26. The first-order valence-corrected chi connectivity index (χ1v) is 8.34. The largest absolute Gasteiger partial charge is 0.371 e. The van der Waals surface area contributed by atoms with Gasteiger partial charge in [0, 0.05) is 24.7 Å². The fraction of sp³-hybridized carbons (Fsp3) is 0.333. The predicted molar refractivity (Wildman–Crippen MR) is 95.2 cm³/mol. The lowest BCUT2D eigenvalue weighted by Crippen LogP contribution is -2.26. The van der Waals surface area contributed by atoms with Crippen molar-refractivity contribution in [3.05, 3.63) is 65.2 Å². The average Bonchev–Trinajstić information content (AvgIpc) is 3.12. The molecule has 2 aliphatic rings. The molecule has 0 amide bonds. The highest BCUT2D eigenvalue weighted by atomic mass is 15.2. The summed E-state index contributed by atoms with van der Waals surface area (Å²) in [4.78, 5) is 2.50. The standard InChI is InChI=1S/C21H23N/c1-15(17-7-4-3-5-8-17)13-16-11-12-21-19(14-16)18-9-6-10-20(18)22(21)2/h3-5,7-8,11-14,18,20H,6,9-10H2,1-2H3. The fourth-order valence-corrected chi connectivity index (χ4v) is 4.26. The van der Waals surface area contributed by atoms with Crippen LogP contribution in [0.3, 0.4) is 0 Å². The van der Waals surface area contributed by atoms with Crippen LogP contribution in [0.1, 0.15) is 48.8 Å². The molecule has 0 radical (unpaired) electrons. The topological polar surface area (TPSA) is 3.24 Å². The maximum Gasteiger partial charge on any atom is 0.0402 e. The van der Waals surface area contributed by atoms with Gasteiger partial charge < -0.3 is 4.90 Å². The van der Waals surface area contributed by atoms with Gasteiger partial charge in [0.1, 0.15) is 0 Å². The highest BCUT2D eigenvalue weighted by Crippen LogP contribution is 2.48. The third kappa shape index (κ3) is 2.16. The molecule has 1 saturated carbocycles. The van der Waals surface area contributed by atoms with E-state index in [1.807, 2.05) is 0 Å². The van der Waals surface area contributed by atoms with Crippen LogP contribution in [0.5, 0.6) is 0 Å². The predicted octanol–water partition coefficient (Wildman–Crippen LogP) is 5.33. The minimum absolute atomic E-state index is 0.740. The molecule has 1 heterocycles. The lowest BCUT2D eigenvalue weighted by atomic mass is 9.95. The van der Waals surface area contributed by atoms with Crippen molar-refractivity contribution >= 4 is 17.3 Å². The number of benzene rings is 2. The molecule has 0 aromatic heterocycles. The number of likely N-dealkylation sites (N-methyl/N-ethyl adjacent to an activating group) is 1. The highest BCUT2D eigenvalue weighted by Gasteiger charge is 2.39. The Balaban J connectivity index is 1.69. The van der Waals surface area contributed by atoms with E-state index in [1.54, 1.807) is 5.56 Å². The average molecular weight is 289 g/mol. The van der Waals surface area contributed by atoms with E-state index in [1.165, 1.54) is 41.6 Å². The molecule has 112 valence electrons. The van der Waals surface area contributed by atoms with Crippen molar-refractivity contribution in [2.24, 2.45) is 0 Å². The SMILES string of the molecule is CC(=Cc1ccc2c(c1)C1CCCC1N2C)c1ccccc1. The Kier molecular flexibility index (Phi) is 3.29. The number of hydrogen-bond acceptors (Lipinski definition) is 1. The lowest BCUT2D eigenvalue weighted by molar-refractivity contribution is 0.625. The fourth-order valence-electron chi connectivity index (χ4n) is 4.26. The van der Waals surface area contributed by atoms with Crippen LogP contribution in [0, 0.1) is 0 Å². The number of hydrogen-bond donors (Lipinski definition) is 0. The van der Waals surface area contributed by atoms with Crippen molar-refractivity contribution in [2.45, 2.75) is 38.1 Å². The van der Waals surface area contributed by atoms with Gasteiger partial charge in [-0.25, -0.2) is 0 Å². The molecule has 0 bridgehead atoms. The first kappa shape index (κ1) is 13.6. The summed E-state index contributed by atoms with van der Waals surface area (Å²) in [6.45, 7) is 2.20. The van der Waals surface area contributed by atoms with E-state index in [2.05, 4.69) is 73.5 Å². The van der Waals surface area contributed by atoms with Crippen molar-refractivity contribution in [1.82, 2.24) is 0 Å². The first-order chi connectivity index (χ1) is 10.7. The van der Waals surface area contributed by atoms with E-state index in [4.69, 9.17) is 0 Å². The molecule has 1 aliphatic carbocycles. The van der Waals surface area contributed by atoms with Gasteiger partial charge in [0.05, 0.1) is 0 Å². The molecule has 1 heteroatoms. The Hall–Kier alpha value is -2.02. The van der Waals surface area contributed by atoms with Crippen LogP contribution < -0.4 is 4.90 Å². The van der Waals surface area contributed by atoms with E-state index in [0.29, 0.717) is 0 Å². The third-order valence-corrected chi connectivity index (χ3v) is 5.42. The van der Waals surface area contributed by atoms with Crippen molar-refractivity contribution < 1.29 is 0 Å². The van der Waals surface area contributed by atoms with Crippen LogP contribution in [0.25, 0.3) is 11.6 Å². The van der Waals surface area contributed by atoms with Crippen LogP contribution >= 0.6 is 0 Å². The van der Waals surface area contributed by atoms with E-state index in [9.17, 15) is 0 Å². The summed E-state index contributed by atoms with van der Waals surface area (Å²) in [6.07, 6.45) is 6.40. The number of nitrogens with zero attached hydrogens (tertiary/aromatic N) is 1. The normalized spacial score (nSPS) is 23.5. The lowest BCUT2D eigenvalue weighted by Gasteiger charge is -2.21. The summed E-state index contributed by atoms with van der Waals surface area (Å²) in [5, 5.41) is 0. The molecular weight excluding hydrogens is 266 g/mol. The molecule has 2 atom stereocenters. The quantitative estimate of drug-likeness (QED) is 0.675. The third-order valence-electron chi connectivity index (χ3n) is 5.42. The second-order valence-electron chi connectivity index (χ2n) is 6.73. The number of anilines is 1. The summed E-state index contributed by atoms with van der Waals surface area (Å²) in [6, 6.07) is 18.4. The van der Waals surface area contributed by atoms with Crippen molar-refractivity contribution in [3.63, 3.8) is 0 Å². The van der Waals surface area contributed by atoms with Gasteiger partial charge in [-0.05, 0) is 54.2 Å². The highest BCUT2D eigenvalue weighted by molar-refractivity contribution is 5.81. The van der Waals surface area contributed by atoms with Gasteiger partial charge in [0.25, 0.3) is 0 Å². The van der Waals surface area contributed by atoms with E-state index in [-0.39, 0.29) is 0 Å². The van der Waals surface area contributed by atoms with Gasteiger partial charge in [-0.2, -0.15) is 0 Å². The molecule has 4 rings (SSSR count). The monoisotopic (exact) mass is 289 g/mol. The zero-order chi connectivity index (χ0) is 15.1. The van der Waals surface area contributed by atoms with Crippen molar-refractivity contribution in [1.29, 1.82) is 0 Å². The Bertz CT molecular complexity index is 714. The second-order valence-corrected chi connectivity index (χ2v) is 6.73. The molecule has 1 fully saturated rings. The van der Waals surface area contributed by atoms with E-state index >= 15 is 0 Å². The van der Waals surface area contributed by atoms with Crippen LogP contribution in [-0.4, -0.2) is 13.1 Å². The van der Waals surface area contributed by atoms with Gasteiger partial charge in [0.2, 0.25) is 0 Å². The molecule has 2 aromatic rings. The maximum absolute atomic E-state index is 2.50. The zero-order valence-electron chi connectivity index (χ0n) is 13.4. The molecule has 0 N–H and O–H groups in total. The smallest absolute Gasteiger partial charge is 0.0402 e. The van der Waals surface area contributed by atoms with E-state index < -0.39 is 0 Å². The summed E-state index contributed by atoms with van der Waals surface area (Å²) in [5.41, 5.74) is 6.98. The Morgan fingerprint density at radius 1 is 1.09 bits per heavy atom. The van der Waals surface area contributed by atoms with Crippen molar-refractivity contribution in [3.8, 4) is 0 Å². The van der Waals surface area contributed by atoms with Crippen molar-refractivity contribution in [2.75, 3.05) is 11.9 Å². The van der Waals surface area contributed by atoms with Gasteiger partial charge in [-0.15, -0.1) is 0 Å². The molecular formula is C21H23N. The Morgan fingerprint density at radius 3 is 2.73 bits per heavy atom. The second kappa shape index (κ2) is 5.31. The van der Waals surface area contributed by atoms with Gasteiger partial charge in [0.15, 0.2) is 0 Å². The summed E-state index contributed by atoms with van der Waals surface area (Å²) >= 11 is 0. The summed E-state index contributed by atoms with van der Waals surface area (Å²) in [5.74, 6) is 0.755. The number of allylic oxidation sites excluding steroid dienone is 1. The minimum atomic E-state index is 0.740. The van der Waals surface area contributed by atoms with Crippen LogP contribution in [-0.2, 0) is 0 Å². The summed E-state index contributed by atoms with van der Waals surface area (Å²) < 4.78 is 0. The maximum atomic E-state index is 2.50. The zero-order valence-corrected chi connectivity index (χ0v) is 13.4.